The van der Waals surface area contributed by atoms with E-state index in [1.165, 1.54) is 98.6 Å². The van der Waals surface area contributed by atoms with Gasteiger partial charge in [-0.25, -0.2) is 0 Å². The molecule has 0 radical (unpaired) electrons. The molecule has 0 unspecified atom stereocenters. The zero-order chi connectivity index (χ0) is 45.0. The summed E-state index contributed by atoms with van der Waals surface area (Å²) >= 11 is 0. The highest BCUT2D eigenvalue weighted by Crippen LogP contribution is 2.45. The number of hydrogen-bond donors (Lipinski definition) is 0. The summed E-state index contributed by atoms with van der Waals surface area (Å²) in [6, 6.07) is 97.4. The van der Waals surface area contributed by atoms with Crippen LogP contribution in [-0.4, -0.2) is 4.57 Å². The largest absolute Gasteiger partial charge is 0.311 e. The van der Waals surface area contributed by atoms with Gasteiger partial charge in [-0.05, 0) is 156 Å². The van der Waals surface area contributed by atoms with Crippen molar-refractivity contribution < 1.29 is 0 Å². The molecule has 0 saturated heterocycles. The molecule has 1 aromatic heterocycles. The number of rotatable bonds is 8. The van der Waals surface area contributed by atoms with E-state index in [0.717, 1.165) is 22.7 Å². The number of fused-ring (bicyclic) bond motifs is 6. The number of hydrogen-bond acceptors (Lipinski definition) is 1. The van der Waals surface area contributed by atoms with Crippen molar-refractivity contribution in [2.45, 2.75) is 0 Å². The minimum Gasteiger partial charge on any atom is -0.311 e. The molecule has 0 aliphatic heterocycles. The van der Waals surface area contributed by atoms with Gasteiger partial charge in [-0.15, -0.1) is 0 Å². The van der Waals surface area contributed by atoms with Crippen molar-refractivity contribution in [1.82, 2.24) is 4.57 Å². The van der Waals surface area contributed by atoms with Gasteiger partial charge in [-0.1, -0.05) is 188 Å². The standard InChI is InChI=1S/C66H44N2/c1-4-16-45(17-5-1)50-32-40-63-61(43-50)62-44-51(46-18-6-2-7-19-46)33-41-64(62)68(63)56-38-36-55(37-39-56)67(53-22-8-3-9-23-53)54-34-30-48(31-35-54)65-57-24-12-14-26-59(57)66(60-27-15-13-25-58(60)65)52-29-28-47-20-10-11-21-49(47)42-52/h1-44H. The molecular formula is C66H44N2. The molecule has 2 heteroatoms. The summed E-state index contributed by atoms with van der Waals surface area (Å²) < 4.78 is 2.42. The van der Waals surface area contributed by atoms with Gasteiger partial charge in [0.05, 0.1) is 11.0 Å². The smallest absolute Gasteiger partial charge is 0.0541 e. The second-order valence-corrected chi connectivity index (χ2v) is 17.7. The highest BCUT2D eigenvalue weighted by Gasteiger charge is 2.20. The number of nitrogens with zero attached hydrogens (tertiary/aromatic N) is 2. The van der Waals surface area contributed by atoms with Crippen molar-refractivity contribution in [3.05, 3.63) is 267 Å². The quantitative estimate of drug-likeness (QED) is 0.138. The van der Waals surface area contributed by atoms with Gasteiger partial charge in [-0.2, -0.15) is 0 Å². The molecule has 0 atom stereocenters. The van der Waals surface area contributed by atoms with Crippen LogP contribution in [0.5, 0.6) is 0 Å². The average Bonchev–Trinajstić information content (AvgIpc) is 3.74. The topological polar surface area (TPSA) is 8.17 Å². The predicted octanol–water partition coefficient (Wildman–Crippen LogP) is 18.4. The molecule has 0 spiro atoms. The predicted molar refractivity (Wildman–Crippen MR) is 290 cm³/mol. The summed E-state index contributed by atoms with van der Waals surface area (Å²) in [6.45, 7) is 0. The van der Waals surface area contributed by atoms with Crippen LogP contribution in [-0.2, 0) is 0 Å². The molecule has 0 aliphatic rings. The van der Waals surface area contributed by atoms with E-state index in [4.69, 9.17) is 0 Å². The molecular weight excluding hydrogens is 821 g/mol. The van der Waals surface area contributed by atoms with Crippen molar-refractivity contribution in [3.8, 4) is 50.2 Å². The minimum absolute atomic E-state index is 1.09. The molecule has 1 heterocycles. The lowest BCUT2D eigenvalue weighted by atomic mass is 9.85. The molecule has 0 bridgehead atoms. The summed E-state index contributed by atoms with van der Waals surface area (Å²) in [7, 11) is 0. The van der Waals surface area contributed by atoms with Gasteiger partial charge in [0.2, 0.25) is 0 Å². The Hall–Kier alpha value is -8.98. The van der Waals surface area contributed by atoms with Crippen molar-refractivity contribution in [2.75, 3.05) is 4.90 Å². The molecule has 2 nitrogen and oxygen atoms in total. The Morgan fingerprint density at radius 1 is 0.235 bits per heavy atom. The van der Waals surface area contributed by atoms with Crippen molar-refractivity contribution >= 4 is 71.2 Å². The van der Waals surface area contributed by atoms with Crippen molar-refractivity contribution in [2.24, 2.45) is 0 Å². The first-order valence-corrected chi connectivity index (χ1v) is 23.4. The Labute approximate surface area is 395 Å². The molecule has 0 aliphatic carbocycles. The maximum absolute atomic E-state index is 2.42. The van der Waals surface area contributed by atoms with E-state index >= 15 is 0 Å². The fraction of sp³-hybridized carbons (Fsp3) is 0. The second-order valence-electron chi connectivity index (χ2n) is 17.7. The number of benzene rings is 12. The van der Waals surface area contributed by atoms with Crippen LogP contribution in [0, 0.1) is 0 Å². The van der Waals surface area contributed by atoms with Gasteiger partial charge >= 0.3 is 0 Å². The second kappa shape index (κ2) is 16.5. The van der Waals surface area contributed by atoms with Crippen LogP contribution in [0.1, 0.15) is 0 Å². The highest BCUT2D eigenvalue weighted by molar-refractivity contribution is 6.22. The summed E-state index contributed by atoms with van der Waals surface area (Å²) in [6.07, 6.45) is 0. The minimum atomic E-state index is 1.09. The SMILES string of the molecule is c1ccc(-c2ccc3c(c2)c2cc(-c4ccccc4)ccc2n3-c2ccc(N(c3ccccc3)c3ccc(-c4c5ccccc5c(-c5ccc6ccccc6c5)c5ccccc45)cc3)cc2)cc1. The van der Waals surface area contributed by atoms with Crippen molar-refractivity contribution in [3.63, 3.8) is 0 Å². The van der Waals surface area contributed by atoms with Crippen LogP contribution < -0.4 is 4.90 Å². The monoisotopic (exact) mass is 864 g/mol. The third-order valence-electron chi connectivity index (χ3n) is 13.7. The van der Waals surface area contributed by atoms with E-state index in [9.17, 15) is 0 Å². The summed E-state index contributed by atoms with van der Waals surface area (Å²) in [4.78, 5) is 2.36. The van der Waals surface area contributed by atoms with Gasteiger partial charge in [0.15, 0.2) is 0 Å². The van der Waals surface area contributed by atoms with Crippen LogP contribution in [0.15, 0.2) is 267 Å². The Kier molecular flexibility index (Phi) is 9.54. The highest BCUT2D eigenvalue weighted by atomic mass is 15.1. The molecule has 13 aromatic rings. The maximum atomic E-state index is 2.42. The van der Waals surface area contributed by atoms with Gasteiger partial charge in [0.25, 0.3) is 0 Å². The van der Waals surface area contributed by atoms with Gasteiger partial charge in [-0.3, -0.25) is 0 Å². The summed E-state index contributed by atoms with van der Waals surface area (Å²) in [5, 5.41) is 9.96. The van der Waals surface area contributed by atoms with Crippen LogP contribution in [0.2, 0.25) is 0 Å². The Bertz CT molecular complexity index is 3830. The summed E-state index contributed by atoms with van der Waals surface area (Å²) in [5.41, 5.74) is 16.5. The normalized spacial score (nSPS) is 11.5. The van der Waals surface area contributed by atoms with Crippen LogP contribution in [0.25, 0.3) is 104 Å². The first-order valence-electron chi connectivity index (χ1n) is 23.4. The number of aromatic nitrogens is 1. The third kappa shape index (κ3) is 6.73. The molecule has 12 aromatic carbocycles. The van der Waals surface area contributed by atoms with E-state index in [1.807, 2.05) is 0 Å². The van der Waals surface area contributed by atoms with Gasteiger partial charge in [0.1, 0.15) is 0 Å². The molecule has 0 amide bonds. The van der Waals surface area contributed by atoms with E-state index in [1.54, 1.807) is 0 Å². The fourth-order valence-electron chi connectivity index (χ4n) is 10.6. The van der Waals surface area contributed by atoms with E-state index in [2.05, 4.69) is 276 Å². The van der Waals surface area contributed by atoms with E-state index in [0.29, 0.717) is 0 Å². The Morgan fingerprint density at radius 3 is 1.16 bits per heavy atom. The summed E-state index contributed by atoms with van der Waals surface area (Å²) in [5.74, 6) is 0. The number of para-hydroxylation sites is 1. The number of anilines is 3. The fourth-order valence-corrected chi connectivity index (χ4v) is 10.6. The lowest BCUT2D eigenvalue weighted by Gasteiger charge is -2.26. The lowest BCUT2D eigenvalue weighted by molar-refractivity contribution is 1.17. The van der Waals surface area contributed by atoms with E-state index in [-0.39, 0.29) is 0 Å². The first-order chi connectivity index (χ1) is 33.7. The average molecular weight is 865 g/mol. The Balaban J connectivity index is 0.913. The van der Waals surface area contributed by atoms with Crippen LogP contribution in [0.3, 0.4) is 0 Å². The van der Waals surface area contributed by atoms with Crippen LogP contribution >= 0.6 is 0 Å². The molecule has 318 valence electrons. The van der Waals surface area contributed by atoms with Gasteiger partial charge < -0.3 is 9.47 Å². The molecule has 68 heavy (non-hydrogen) atoms. The van der Waals surface area contributed by atoms with Crippen LogP contribution in [0.4, 0.5) is 17.1 Å². The lowest BCUT2D eigenvalue weighted by Crippen LogP contribution is -2.10. The maximum Gasteiger partial charge on any atom is 0.0541 e. The van der Waals surface area contributed by atoms with E-state index < -0.39 is 0 Å². The molecule has 0 N–H and O–H groups in total. The Morgan fingerprint density at radius 2 is 0.632 bits per heavy atom. The zero-order valence-electron chi connectivity index (χ0n) is 37.3. The molecule has 0 fully saturated rings. The van der Waals surface area contributed by atoms with Gasteiger partial charge in [0, 0.05) is 33.5 Å². The zero-order valence-corrected chi connectivity index (χ0v) is 37.3. The third-order valence-corrected chi connectivity index (χ3v) is 13.7. The molecule has 0 saturated carbocycles. The van der Waals surface area contributed by atoms with Crippen molar-refractivity contribution in [1.29, 1.82) is 0 Å². The first kappa shape index (κ1) is 39.4. The molecule has 13 rings (SSSR count).